The van der Waals surface area contributed by atoms with Crippen LogP contribution < -0.4 is 22.1 Å². The van der Waals surface area contributed by atoms with Crippen molar-refractivity contribution in [1.82, 2.24) is 10.6 Å². The first-order chi connectivity index (χ1) is 7.62. The number of nitriles is 4. The molecular weight excluding hydrogens is 212 g/mol. The van der Waals surface area contributed by atoms with Crippen LogP contribution in [0.4, 0.5) is 0 Å². The second kappa shape index (κ2) is 11.5. The zero-order chi connectivity index (χ0) is 12.8. The highest BCUT2D eigenvalue weighted by Crippen LogP contribution is 1.57. The van der Waals surface area contributed by atoms with Crippen molar-refractivity contribution < 1.29 is 0 Å². The smallest absolute Gasteiger partial charge is 0.217 e. The van der Waals surface area contributed by atoms with E-state index in [1.54, 1.807) is 0 Å². The number of nitrogens with zero attached hydrogens (tertiary/aromatic N) is 6. The van der Waals surface area contributed by atoms with E-state index in [2.05, 4.69) is 9.98 Å². The average Bonchev–Trinajstić information content (AvgIpc) is 2.20. The molecule has 0 aromatic heterocycles. The topological polar surface area (TPSA) is 196 Å². The van der Waals surface area contributed by atoms with E-state index in [0.29, 0.717) is 0 Å². The Morgan fingerprint density at radius 3 is 1.31 bits per heavy atom. The van der Waals surface area contributed by atoms with Gasteiger partial charge in [0.05, 0.1) is 0 Å². The highest BCUT2D eigenvalue weighted by molar-refractivity contribution is 5.80. The molecule has 0 aromatic rings. The van der Waals surface area contributed by atoms with Gasteiger partial charge in [-0.25, -0.2) is 0 Å². The van der Waals surface area contributed by atoms with E-state index >= 15 is 0 Å². The Kier molecular flexibility index (Phi) is 10.8. The van der Waals surface area contributed by atoms with Gasteiger partial charge in [0.25, 0.3) is 0 Å². The molecule has 0 spiro atoms. The van der Waals surface area contributed by atoms with Crippen molar-refractivity contribution in [2.75, 3.05) is 0 Å². The Bertz CT molecular complexity index is 376. The predicted molar refractivity (Wildman–Crippen MR) is 52.0 cm³/mol. The van der Waals surface area contributed by atoms with Crippen LogP contribution >= 0.6 is 0 Å². The van der Waals surface area contributed by atoms with Gasteiger partial charge in [-0.05, 0) is 0 Å². The number of rotatable bonds is 0. The molecule has 0 unspecified atom stereocenters. The fourth-order valence-corrected chi connectivity index (χ4v) is 0.278. The maximum atomic E-state index is 7.83. The number of guanidine groups is 2. The SMILES string of the molecule is N#CN=C(N)NC#N.N#CN=C(N)NC#N. The Hall–Kier alpha value is -3.50. The third-order valence-corrected chi connectivity index (χ3v) is 0.709. The van der Waals surface area contributed by atoms with Crippen molar-refractivity contribution in [3.63, 3.8) is 0 Å². The molecule has 0 saturated carbocycles. The normalized spacial score (nSPS) is 9.00. The second-order valence-electron chi connectivity index (χ2n) is 1.67. The Labute approximate surface area is 90.7 Å². The minimum Gasteiger partial charge on any atom is -0.368 e. The summed E-state index contributed by atoms with van der Waals surface area (Å²) in [6, 6.07) is 0. The van der Waals surface area contributed by atoms with Crippen molar-refractivity contribution in [1.29, 1.82) is 21.0 Å². The van der Waals surface area contributed by atoms with Crippen molar-refractivity contribution in [3.8, 4) is 24.8 Å². The summed E-state index contributed by atoms with van der Waals surface area (Å²) in [5.41, 5.74) is 9.78. The van der Waals surface area contributed by atoms with E-state index in [4.69, 9.17) is 32.5 Å². The molecule has 0 radical (unpaired) electrons. The average molecular weight is 218 g/mol. The molecule has 0 aliphatic rings. The first-order valence-electron chi connectivity index (χ1n) is 3.37. The van der Waals surface area contributed by atoms with E-state index in [-0.39, 0.29) is 11.9 Å². The Morgan fingerprint density at radius 1 is 0.812 bits per heavy atom. The monoisotopic (exact) mass is 218 g/mol. The number of nitrogens with one attached hydrogen (secondary N) is 2. The minimum atomic E-state index is -0.185. The molecular formula is C6H6N10. The van der Waals surface area contributed by atoms with Crippen LogP contribution in [0.15, 0.2) is 9.98 Å². The molecule has 0 rings (SSSR count). The van der Waals surface area contributed by atoms with Gasteiger partial charge >= 0.3 is 0 Å². The summed E-state index contributed by atoms with van der Waals surface area (Å²) in [5, 5.41) is 35.2. The number of nitrogens with two attached hydrogens (primary N) is 2. The van der Waals surface area contributed by atoms with Crippen LogP contribution in [0, 0.1) is 45.8 Å². The summed E-state index contributed by atoms with van der Waals surface area (Å²) in [4.78, 5) is 5.96. The van der Waals surface area contributed by atoms with Crippen LogP contribution in [0.25, 0.3) is 0 Å². The Balaban J connectivity index is 0. The van der Waals surface area contributed by atoms with Gasteiger partial charge in [-0.1, -0.05) is 0 Å². The molecule has 0 fully saturated rings. The summed E-state index contributed by atoms with van der Waals surface area (Å²) >= 11 is 0. The quantitative estimate of drug-likeness (QED) is 0.150. The molecule has 0 aromatic carbocycles. The molecule has 16 heavy (non-hydrogen) atoms. The van der Waals surface area contributed by atoms with Gasteiger partial charge in [0.2, 0.25) is 24.3 Å². The first kappa shape index (κ1) is 15.0. The van der Waals surface area contributed by atoms with Gasteiger partial charge in [0.1, 0.15) is 0 Å². The van der Waals surface area contributed by atoms with Crippen LogP contribution in [0.1, 0.15) is 0 Å². The van der Waals surface area contributed by atoms with Gasteiger partial charge in [-0.15, -0.1) is 9.98 Å². The van der Waals surface area contributed by atoms with E-state index < -0.39 is 0 Å². The largest absolute Gasteiger partial charge is 0.368 e. The van der Waals surface area contributed by atoms with Crippen LogP contribution in [0.5, 0.6) is 0 Å². The first-order valence-corrected chi connectivity index (χ1v) is 3.37. The maximum Gasteiger partial charge on any atom is 0.217 e. The van der Waals surface area contributed by atoms with Gasteiger partial charge in [-0.3, -0.25) is 10.6 Å². The standard InChI is InChI=1S/2C3H3N5/c2*4-1-7-3(6)8-2-5/h2*(H3,6,7,8). The zero-order valence-electron chi connectivity index (χ0n) is 7.84. The van der Waals surface area contributed by atoms with Crippen molar-refractivity contribution in [2.24, 2.45) is 21.5 Å². The lowest BCUT2D eigenvalue weighted by molar-refractivity contribution is 1.21. The number of hydrogen-bond acceptors (Lipinski definition) is 6. The molecule has 6 N–H and O–H groups in total. The molecule has 0 atom stereocenters. The maximum absolute atomic E-state index is 7.83. The van der Waals surface area contributed by atoms with Crippen LogP contribution in [0.2, 0.25) is 0 Å². The fraction of sp³-hybridized carbons (Fsp3) is 0. The summed E-state index contributed by atoms with van der Waals surface area (Å²) in [7, 11) is 0. The van der Waals surface area contributed by atoms with Crippen molar-refractivity contribution >= 4 is 11.9 Å². The minimum absolute atomic E-state index is 0.185. The predicted octanol–water partition coefficient (Wildman–Crippen LogP) is -2.29. The zero-order valence-corrected chi connectivity index (χ0v) is 7.84. The van der Waals surface area contributed by atoms with Gasteiger partial charge in [-0.2, -0.15) is 21.0 Å². The third kappa shape index (κ3) is 13.1. The fourth-order valence-electron chi connectivity index (χ4n) is 0.278. The van der Waals surface area contributed by atoms with Gasteiger partial charge < -0.3 is 11.5 Å². The van der Waals surface area contributed by atoms with E-state index in [1.807, 2.05) is 10.6 Å². The van der Waals surface area contributed by atoms with Crippen LogP contribution in [0.3, 0.4) is 0 Å². The number of hydrogen-bond donors (Lipinski definition) is 4. The second-order valence-corrected chi connectivity index (χ2v) is 1.67. The summed E-state index contributed by atoms with van der Waals surface area (Å²) in [6.45, 7) is 0. The van der Waals surface area contributed by atoms with Crippen molar-refractivity contribution in [3.05, 3.63) is 0 Å². The van der Waals surface area contributed by atoms with Gasteiger partial charge in [0.15, 0.2) is 12.4 Å². The summed E-state index contributed by atoms with van der Waals surface area (Å²) < 4.78 is 0. The molecule has 0 amide bonds. The summed E-state index contributed by atoms with van der Waals surface area (Å²) in [5.74, 6) is -0.370. The molecule has 0 bridgehead atoms. The lowest BCUT2D eigenvalue weighted by Crippen LogP contribution is -2.26. The molecule has 0 saturated heterocycles. The van der Waals surface area contributed by atoms with Gasteiger partial charge in [0, 0.05) is 0 Å². The number of aliphatic imine (C=N–C) groups is 2. The van der Waals surface area contributed by atoms with Crippen LogP contribution in [-0.4, -0.2) is 11.9 Å². The molecule has 10 nitrogen and oxygen atoms in total. The van der Waals surface area contributed by atoms with Crippen molar-refractivity contribution in [2.45, 2.75) is 0 Å². The molecule has 0 aliphatic heterocycles. The molecule has 0 heterocycles. The lowest BCUT2D eigenvalue weighted by atomic mass is 10.9. The Morgan fingerprint density at radius 2 is 1.12 bits per heavy atom. The van der Waals surface area contributed by atoms with E-state index in [0.717, 1.165) is 0 Å². The molecule has 10 heteroatoms. The van der Waals surface area contributed by atoms with Crippen LogP contribution in [-0.2, 0) is 0 Å². The summed E-state index contributed by atoms with van der Waals surface area (Å²) in [6.07, 6.45) is 5.79. The molecule has 80 valence electrons. The highest BCUT2D eigenvalue weighted by atomic mass is 15.1. The lowest BCUT2D eigenvalue weighted by Gasteiger charge is -1.85. The van der Waals surface area contributed by atoms with E-state index in [1.165, 1.54) is 24.8 Å². The molecule has 0 aliphatic carbocycles. The third-order valence-electron chi connectivity index (χ3n) is 0.709. The van der Waals surface area contributed by atoms with E-state index in [9.17, 15) is 0 Å². The highest BCUT2D eigenvalue weighted by Gasteiger charge is 1.81.